The van der Waals surface area contributed by atoms with E-state index in [1.54, 1.807) is 11.1 Å². The Balaban J connectivity index is 1.68. The first-order valence-electron chi connectivity index (χ1n) is 8.07. The number of nitrogens with one attached hydrogen (secondary N) is 1. The molecule has 0 atom stereocenters. The van der Waals surface area contributed by atoms with Crippen molar-refractivity contribution in [3.8, 4) is 17.5 Å². The Bertz CT molecular complexity index is 918. The first-order chi connectivity index (χ1) is 12.3. The lowest BCUT2D eigenvalue weighted by molar-refractivity contribution is 0.415. The predicted molar refractivity (Wildman–Crippen MR) is 93.9 cm³/mol. The molecule has 1 aliphatic heterocycles. The number of anilines is 1. The first kappa shape index (κ1) is 15.1. The lowest BCUT2D eigenvalue weighted by atomic mass is 10.1. The van der Waals surface area contributed by atoms with Crippen LogP contribution in [0.1, 0.15) is 17.0 Å². The minimum absolute atomic E-state index is 0.520. The molecule has 0 amide bonds. The number of pyridine rings is 1. The quantitative estimate of drug-likeness (QED) is 0.742. The predicted octanol–water partition coefficient (Wildman–Crippen LogP) is 2.95. The Morgan fingerprint density at radius 2 is 1.88 bits per heavy atom. The highest BCUT2D eigenvalue weighted by Gasteiger charge is 2.25. The zero-order valence-electron chi connectivity index (χ0n) is 13.6. The summed E-state index contributed by atoms with van der Waals surface area (Å²) in [6.45, 7) is 1.62. The minimum Gasteiger partial charge on any atom is -0.349 e. The molecule has 0 bridgehead atoms. The Morgan fingerprint density at radius 3 is 2.64 bits per heavy atom. The molecule has 6 nitrogen and oxygen atoms in total. The number of nitrogens with zero attached hydrogens (tertiary/aromatic N) is 5. The smallest absolute Gasteiger partial charge is 0.223 e. The van der Waals surface area contributed by atoms with Crippen molar-refractivity contribution in [2.75, 3.05) is 5.32 Å². The fraction of sp³-hybridized carbons (Fsp3) is 0.158. The van der Waals surface area contributed by atoms with Crippen LogP contribution in [0.5, 0.6) is 0 Å². The molecule has 3 heterocycles. The van der Waals surface area contributed by atoms with Crippen molar-refractivity contribution in [3.63, 3.8) is 0 Å². The lowest BCUT2D eigenvalue weighted by Gasteiger charge is -2.11. The van der Waals surface area contributed by atoms with E-state index in [-0.39, 0.29) is 0 Å². The van der Waals surface area contributed by atoms with E-state index in [0.29, 0.717) is 25.6 Å². The molecule has 6 heteroatoms. The number of fused-ring (bicyclic) bond motifs is 1. The summed E-state index contributed by atoms with van der Waals surface area (Å²) in [4.78, 5) is 15.3. The third kappa shape index (κ3) is 3.12. The average Bonchev–Trinajstić information content (AvgIpc) is 3.10. The first-order valence-corrected chi connectivity index (χ1v) is 8.07. The van der Waals surface area contributed by atoms with Crippen LogP contribution in [0.3, 0.4) is 0 Å². The van der Waals surface area contributed by atoms with Crippen LogP contribution in [0.25, 0.3) is 11.3 Å². The summed E-state index contributed by atoms with van der Waals surface area (Å²) in [7, 11) is 0. The maximum atomic E-state index is 9.22. The standard InChI is InChI=1S/C19H16N6/c20-13-25-11-16-17(12-25)23-19(22-10-15-8-4-5-9-21-15)24-18(16)14-6-2-1-3-7-14/h1-9H,10-12H2,(H,22,23,24). The maximum absolute atomic E-state index is 9.22. The van der Waals surface area contributed by atoms with Gasteiger partial charge in [-0.05, 0) is 12.1 Å². The van der Waals surface area contributed by atoms with Crippen molar-refractivity contribution in [3.05, 3.63) is 71.7 Å². The lowest BCUT2D eigenvalue weighted by Crippen LogP contribution is -2.08. The normalized spacial score (nSPS) is 12.5. The van der Waals surface area contributed by atoms with Gasteiger partial charge < -0.3 is 10.2 Å². The van der Waals surface area contributed by atoms with Crippen molar-refractivity contribution in [2.45, 2.75) is 19.6 Å². The van der Waals surface area contributed by atoms with Gasteiger partial charge in [-0.1, -0.05) is 36.4 Å². The van der Waals surface area contributed by atoms with Crippen LogP contribution in [0.2, 0.25) is 0 Å². The van der Waals surface area contributed by atoms with Crippen molar-refractivity contribution in [1.29, 1.82) is 5.26 Å². The highest BCUT2D eigenvalue weighted by atomic mass is 15.2. The Labute approximate surface area is 145 Å². The highest BCUT2D eigenvalue weighted by molar-refractivity contribution is 5.66. The molecule has 3 aromatic rings. The number of hydrogen-bond donors (Lipinski definition) is 1. The summed E-state index contributed by atoms with van der Waals surface area (Å²) in [5, 5.41) is 12.5. The Kier molecular flexibility index (Phi) is 3.97. The van der Waals surface area contributed by atoms with Crippen molar-refractivity contribution in [1.82, 2.24) is 19.9 Å². The zero-order valence-corrected chi connectivity index (χ0v) is 13.6. The van der Waals surface area contributed by atoms with Gasteiger partial charge in [0.05, 0.1) is 36.7 Å². The molecule has 1 aliphatic rings. The Morgan fingerprint density at radius 1 is 1.04 bits per heavy atom. The molecule has 0 saturated heterocycles. The summed E-state index contributed by atoms with van der Waals surface area (Å²) in [5.74, 6) is 0.558. The largest absolute Gasteiger partial charge is 0.349 e. The second-order valence-corrected chi connectivity index (χ2v) is 5.82. The van der Waals surface area contributed by atoms with Gasteiger partial charge >= 0.3 is 0 Å². The minimum atomic E-state index is 0.520. The van der Waals surface area contributed by atoms with Crippen LogP contribution >= 0.6 is 0 Å². The van der Waals surface area contributed by atoms with Gasteiger partial charge in [0, 0.05) is 17.3 Å². The molecule has 1 N–H and O–H groups in total. The van der Waals surface area contributed by atoms with Gasteiger partial charge in [-0.25, -0.2) is 9.97 Å². The second-order valence-electron chi connectivity index (χ2n) is 5.82. The van der Waals surface area contributed by atoms with Gasteiger partial charge in [0.25, 0.3) is 0 Å². The van der Waals surface area contributed by atoms with E-state index in [9.17, 15) is 5.26 Å². The summed E-state index contributed by atoms with van der Waals surface area (Å²) >= 11 is 0. The number of nitriles is 1. The monoisotopic (exact) mass is 328 g/mol. The van der Waals surface area contributed by atoms with E-state index in [1.165, 1.54) is 0 Å². The second kappa shape index (κ2) is 6.57. The molecule has 0 spiro atoms. The number of aromatic nitrogens is 3. The zero-order chi connectivity index (χ0) is 17.1. The van der Waals surface area contributed by atoms with Gasteiger partial charge in [0.2, 0.25) is 5.95 Å². The molecule has 0 radical (unpaired) electrons. The molecule has 0 aliphatic carbocycles. The average molecular weight is 328 g/mol. The molecule has 25 heavy (non-hydrogen) atoms. The molecule has 0 unspecified atom stereocenters. The van der Waals surface area contributed by atoms with E-state index in [2.05, 4.69) is 21.5 Å². The maximum Gasteiger partial charge on any atom is 0.223 e. The molecule has 1 aromatic carbocycles. The van der Waals surface area contributed by atoms with Crippen LogP contribution in [0.4, 0.5) is 5.95 Å². The molecule has 4 rings (SSSR count). The van der Waals surface area contributed by atoms with Crippen molar-refractivity contribution < 1.29 is 0 Å². The van der Waals surface area contributed by atoms with E-state index in [1.807, 2.05) is 48.5 Å². The molecular weight excluding hydrogens is 312 g/mol. The summed E-state index contributed by atoms with van der Waals surface area (Å²) in [6, 6.07) is 15.8. The highest BCUT2D eigenvalue weighted by Crippen LogP contribution is 2.31. The van der Waals surface area contributed by atoms with Crippen LogP contribution < -0.4 is 5.32 Å². The van der Waals surface area contributed by atoms with Gasteiger partial charge in [-0.15, -0.1) is 0 Å². The summed E-state index contributed by atoms with van der Waals surface area (Å²) in [6.07, 6.45) is 3.97. The fourth-order valence-electron chi connectivity index (χ4n) is 2.91. The summed E-state index contributed by atoms with van der Waals surface area (Å²) < 4.78 is 0. The number of rotatable bonds is 4. The topological polar surface area (TPSA) is 77.7 Å². The van der Waals surface area contributed by atoms with Gasteiger partial charge in [-0.2, -0.15) is 5.26 Å². The fourth-order valence-corrected chi connectivity index (χ4v) is 2.91. The van der Waals surface area contributed by atoms with Gasteiger partial charge in [0.1, 0.15) is 0 Å². The molecule has 122 valence electrons. The van der Waals surface area contributed by atoms with Crippen LogP contribution in [-0.4, -0.2) is 19.9 Å². The van der Waals surface area contributed by atoms with Crippen LogP contribution in [0.15, 0.2) is 54.7 Å². The number of hydrogen-bond acceptors (Lipinski definition) is 6. The van der Waals surface area contributed by atoms with Gasteiger partial charge in [0.15, 0.2) is 6.19 Å². The summed E-state index contributed by atoms with van der Waals surface area (Å²) in [5.41, 5.74) is 4.76. The molecular formula is C19H16N6. The van der Waals surface area contributed by atoms with Crippen LogP contribution in [-0.2, 0) is 19.6 Å². The van der Waals surface area contributed by atoms with E-state index in [0.717, 1.165) is 28.2 Å². The Hall–Kier alpha value is -3.46. The van der Waals surface area contributed by atoms with Crippen molar-refractivity contribution >= 4 is 5.95 Å². The SMILES string of the molecule is N#CN1Cc2nc(NCc3ccccn3)nc(-c3ccccc3)c2C1. The number of benzene rings is 1. The molecule has 0 fully saturated rings. The van der Waals surface area contributed by atoms with Gasteiger partial charge in [-0.3, -0.25) is 4.98 Å². The third-order valence-electron chi connectivity index (χ3n) is 4.12. The third-order valence-corrected chi connectivity index (χ3v) is 4.12. The van der Waals surface area contributed by atoms with E-state index >= 15 is 0 Å². The molecule has 2 aromatic heterocycles. The van der Waals surface area contributed by atoms with E-state index in [4.69, 9.17) is 4.98 Å². The van der Waals surface area contributed by atoms with Crippen molar-refractivity contribution in [2.24, 2.45) is 0 Å². The van der Waals surface area contributed by atoms with E-state index < -0.39 is 0 Å². The molecule has 0 saturated carbocycles. The van der Waals surface area contributed by atoms with Crippen LogP contribution in [0, 0.1) is 11.5 Å².